The number of primary amides is 1. The fraction of sp³-hybridized carbons (Fsp3) is 0.938. The van der Waals surface area contributed by atoms with E-state index in [9.17, 15) is 4.79 Å². The van der Waals surface area contributed by atoms with E-state index in [0.29, 0.717) is 0 Å². The van der Waals surface area contributed by atoms with Gasteiger partial charge in [-0.25, -0.2) is 4.79 Å². The van der Waals surface area contributed by atoms with Crippen LogP contribution in [0.3, 0.4) is 0 Å². The molecule has 3 nitrogen and oxygen atoms in total. The number of carbonyl (C=O) groups is 1. The molecule has 114 valence electrons. The van der Waals surface area contributed by atoms with Crippen molar-refractivity contribution in [3.63, 3.8) is 0 Å². The molecule has 0 aromatic carbocycles. The quantitative estimate of drug-likeness (QED) is 0.484. The molecule has 0 aliphatic heterocycles. The second-order valence-corrected chi connectivity index (χ2v) is 5.51. The highest BCUT2D eigenvalue weighted by molar-refractivity contribution is 5.71. The Labute approximate surface area is 119 Å². The van der Waals surface area contributed by atoms with E-state index in [4.69, 9.17) is 5.73 Å². The van der Waals surface area contributed by atoms with Crippen LogP contribution < -0.4 is 5.73 Å². The van der Waals surface area contributed by atoms with E-state index in [0.717, 1.165) is 25.9 Å². The topological polar surface area (TPSA) is 46.3 Å². The first-order chi connectivity index (χ1) is 9.22. The number of urea groups is 1. The van der Waals surface area contributed by atoms with Crippen LogP contribution in [0.25, 0.3) is 0 Å². The summed E-state index contributed by atoms with van der Waals surface area (Å²) >= 11 is 0. The minimum atomic E-state index is -0.251. The number of rotatable bonds is 13. The minimum absolute atomic E-state index is 0.251. The van der Waals surface area contributed by atoms with E-state index in [1.165, 1.54) is 57.8 Å². The smallest absolute Gasteiger partial charge is 0.314 e. The standard InChI is InChI=1S/C16H34N2O/c1-3-5-7-8-9-10-11-13-15-18(16(17)19)14-12-6-4-2/h3-15H2,1-2H3,(H2,17,19). The Hall–Kier alpha value is -0.730. The van der Waals surface area contributed by atoms with Crippen molar-refractivity contribution in [3.05, 3.63) is 0 Å². The predicted molar refractivity (Wildman–Crippen MR) is 83.3 cm³/mol. The molecule has 0 aromatic rings. The van der Waals surface area contributed by atoms with E-state index < -0.39 is 0 Å². The maximum atomic E-state index is 11.3. The van der Waals surface area contributed by atoms with Gasteiger partial charge < -0.3 is 10.6 Å². The molecule has 0 spiro atoms. The van der Waals surface area contributed by atoms with E-state index in [2.05, 4.69) is 13.8 Å². The van der Waals surface area contributed by atoms with Crippen molar-refractivity contribution in [1.82, 2.24) is 4.90 Å². The van der Waals surface area contributed by atoms with Gasteiger partial charge in [0, 0.05) is 13.1 Å². The zero-order valence-electron chi connectivity index (χ0n) is 13.1. The lowest BCUT2D eigenvalue weighted by Crippen LogP contribution is -2.37. The molecule has 0 aliphatic carbocycles. The molecule has 0 saturated carbocycles. The summed E-state index contributed by atoms with van der Waals surface area (Å²) in [6.45, 7) is 6.10. The Morgan fingerprint density at radius 3 is 1.58 bits per heavy atom. The lowest BCUT2D eigenvalue weighted by molar-refractivity contribution is 0.205. The number of nitrogens with two attached hydrogens (primary N) is 1. The molecule has 0 aliphatic rings. The summed E-state index contributed by atoms with van der Waals surface area (Å²) in [4.78, 5) is 13.1. The molecule has 19 heavy (non-hydrogen) atoms. The summed E-state index contributed by atoms with van der Waals surface area (Å²) in [6, 6.07) is -0.251. The van der Waals surface area contributed by atoms with Gasteiger partial charge in [-0.3, -0.25) is 0 Å². The van der Waals surface area contributed by atoms with Gasteiger partial charge in [0.15, 0.2) is 0 Å². The van der Waals surface area contributed by atoms with Gasteiger partial charge in [-0.1, -0.05) is 71.6 Å². The summed E-state index contributed by atoms with van der Waals surface area (Å²) in [7, 11) is 0. The van der Waals surface area contributed by atoms with Crippen molar-refractivity contribution in [3.8, 4) is 0 Å². The van der Waals surface area contributed by atoms with Crippen LogP contribution in [-0.2, 0) is 0 Å². The van der Waals surface area contributed by atoms with Crippen molar-refractivity contribution in [2.75, 3.05) is 13.1 Å². The normalized spacial score (nSPS) is 10.6. The summed E-state index contributed by atoms with van der Waals surface area (Å²) < 4.78 is 0. The second-order valence-electron chi connectivity index (χ2n) is 5.51. The van der Waals surface area contributed by atoms with Crippen molar-refractivity contribution >= 4 is 6.03 Å². The number of hydrogen-bond donors (Lipinski definition) is 1. The van der Waals surface area contributed by atoms with Crippen LogP contribution in [0.4, 0.5) is 4.79 Å². The van der Waals surface area contributed by atoms with E-state index in [-0.39, 0.29) is 6.03 Å². The average Bonchev–Trinajstić information content (AvgIpc) is 2.39. The third kappa shape index (κ3) is 12.1. The molecule has 0 aromatic heterocycles. The van der Waals surface area contributed by atoms with Gasteiger partial charge in [0.1, 0.15) is 0 Å². The van der Waals surface area contributed by atoms with Gasteiger partial charge in [0.05, 0.1) is 0 Å². The lowest BCUT2D eigenvalue weighted by atomic mass is 10.1. The van der Waals surface area contributed by atoms with Crippen molar-refractivity contribution < 1.29 is 4.79 Å². The summed E-state index contributed by atoms with van der Waals surface area (Å²) in [6.07, 6.45) is 13.8. The van der Waals surface area contributed by atoms with Gasteiger partial charge in [-0.15, -0.1) is 0 Å². The number of hydrogen-bond acceptors (Lipinski definition) is 1. The SMILES string of the molecule is CCCCCCCCCCN(CCCCC)C(N)=O. The van der Waals surface area contributed by atoms with Crippen molar-refractivity contribution in [2.45, 2.75) is 84.5 Å². The van der Waals surface area contributed by atoms with E-state index in [1.54, 1.807) is 0 Å². The monoisotopic (exact) mass is 270 g/mol. The number of amides is 2. The van der Waals surface area contributed by atoms with E-state index >= 15 is 0 Å². The maximum absolute atomic E-state index is 11.3. The van der Waals surface area contributed by atoms with Crippen LogP contribution in [0, 0.1) is 0 Å². The molecule has 2 amide bonds. The maximum Gasteiger partial charge on any atom is 0.314 e. The van der Waals surface area contributed by atoms with Crippen LogP contribution in [-0.4, -0.2) is 24.0 Å². The van der Waals surface area contributed by atoms with E-state index in [1.807, 2.05) is 4.90 Å². The molecular weight excluding hydrogens is 236 g/mol. The van der Waals surface area contributed by atoms with Crippen LogP contribution in [0.15, 0.2) is 0 Å². The highest BCUT2D eigenvalue weighted by Gasteiger charge is 2.07. The van der Waals surface area contributed by atoms with Crippen LogP contribution >= 0.6 is 0 Å². The molecule has 0 heterocycles. The average molecular weight is 270 g/mol. The highest BCUT2D eigenvalue weighted by Crippen LogP contribution is 2.09. The van der Waals surface area contributed by atoms with Crippen molar-refractivity contribution in [2.24, 2.45) is 5.73 Å². The largest absolute Gasteiger partial charge is 0.351 e. The Kier molecular flexibility index (Phi) is 13.2. The highest BCUT2D eigenvalue weighted by atomic mass is 16.2. The van der Waals surface area contributed by atoms with Crippen molar-refractivity contribution in [1.29, 1.82) is 0 Å². The Morgan fingerprint density at radius 2 is 1.11 bits per heavy atom. The molecule has 2 N–H and O–H groups in total. The second kappa shape index (κ2) is 13.7. The molecular formula is C16H34N2O. The Morgan fingerprint density at radius 1 is 0.737 bits per heavy atom. The minimum Gasteiger partial charge on any atom is -0.351 e. The number of unbranched alkanes of at least 4 members (excludes halogenated alkanes) is 9. The fourth-order valence-corrected chi connectivity index (χ4v) is 2.32. The molecule has 0 rings (SSSR count). The van der Waals surface area contributed by atoms with Crippen LogP contribution in [0.2, 0.25) is 0 Å². The van der Waals surface area contributed by atoms with Gasteiger partial charge in [-0.05, 0) is 12.8 Å². The zero-order valence-corrected chi connectivity index (χ0v) is 13.1. The summed E-state index contributed by atoms with van der Waals surface area (Å²) in [5.41, 5.74) is 5.40. The Balaban J connectivity index is 3.45. The first kappa shape index (κ1) is 18.3. The first-order valence-corrected chi connectivity index (χ1v) is 8.26. The fourth-order valence-electron chi connectivity index (χ4n) is 2.32. The van der Waals surface area contributed by atoms with Crippen LogP contribution in [0.1, 0.15) is 84.5 Å². The predicted octanol–water partition coefficient (Wildman–Crippen LogP) is 4.70. The van der Waals surface area contributed by atoms with Gasteiger partial charge >= 0.3 is 6.03 Å². The number of nitrogens with zero attached hydrogens (tertiary/aromatic N) is 1. The molecule has 0 fully saturated rings. The summed E-state index contributed by atoms with van der Waals surface area (Å²) in [5.74, 6) is 0. The lowest BCUT2D eigenvalue weighted by Gasteiger charge is -2.20. The zero-order chi connectivity index (χ0) is 14.3. The molecule has 0 atom stereocenters. The third-order valence-corrected chi connectivity index (χ3v) is 3.62. The molecule has 0 unspecified atom stereocenters. The van der Waals surface area contributed by atoms with Gasteiger partial charge in [0.25, 0.3) is 0 Å². The third-order valence-electron chi connectivity index (χ3n) is 3.62. The Bertz CT molecular complexity index is 207. The molecule has 0 saturated heterocycles. The molecule has 0 radical (unpaired) electrons. The first-order valence-electron chi connectivity index (χ1n) is 8.26. The van der Waals surface area contributed by atoms with Gasteiger partial charge in [-0.2, -0.15) is 0 Å². The molecule has 0 bridgehead atoms. The summed E-state index contributed by atoms with van der Waals surface area (Å²) in [5, 5.41) is 0. The molecule has 3 heteroatoms. The van der Waals surface area contributed by atoms with Gasteiger partial charge in [0.2, 0.25) is 0 Å². The number of carbonyl (C=O) groups excluding carboxylic acids is 1. The van der Waals surface area contributed by atoms with Crippen LogP contribution in [0.5, 0.6) is 0 Å².